The van der Waals surface area contributed by atoms with Crippen molar-refractivity contribution in [2.45, 2.75) is 25.2 Å². The Kier molecular flexibility index (Phi) is 2.09. The van der Waals surface area contributed by atoms with Crippen molar-refractivity contribution in [3.63, 3.8) is 0 Å². The molecule has 2 rings (SSSR count). The van der Waals surface area contributed by atoms with Crippen LogP contribution in [-0.2, 0) is 14.3 Å². The van der Waals surface area contributed by atoms with E-state index in [0.29, 0.717) is 12.5 Å². The van der Waals surface area contributed by atoms with Crippen LogP contribution in [0.1, 0.15) is 6.92 Å². The molecule has 4 atom stereocenters. The summed E-state index contributed by atoms with van der Waals surface area (Å²) in [5.74, 6) is 0.297. The van der Waals surface area contributed by atoms with Gasteiger partial charge in [-0.2, -0.15) is 0 Å². The lowest BCUT2D eigenvalue weighted by molar-refractivity contribution is -0.769. The summed E-state index contributed by atoms with van der Waals surface area (Å²) in [6.45, 7) is 2.84. The third-order valence-electron chi connectivity index (χ3n) is 2.48. The first-order valence-electron chi connectivity index (χ1n) is 4.23. The van der Waals surface area contributed by atoms with E-state index in [2.05, 4.69) is 4.84 Å². The zero-order valence-corrected chi connectivity index (χ0v) is 7.21. The molecule has 0 aromatic heterocycles. The molecule has 0 radical (unpaired) electrons. The Balaban J connectivity index is 1.98. The normalized spacial score (nSPS) is 43.2. The smallest absolute Gasteiger partial charge is 0.294 e. The van der Waals surface area contributed by atoms with E-state index < -0.39 is 11.2 Å². The van der Waals surface area contributed by atoms with Crippen molar-refractivity contribution in [1.82, 2.24) is 0 Å². The number of fused-ring (bicyclic) bond motifs is 1. The van der Waals surface area contributed by atoms with Gasteiger partial charge in [-0.15, -0.1) is 10.1 Å². The second kappa shape index (κ2) is 3.12. The van der Waals surface area contributed by atoms with E-state index in [0.717, 1.165) is 0 Å². The summed E-state index contributed by atoms with van der Waals surface area (Å²) in [6.07, 6.45) is -0.852. The van der Waals surface area contributed by atoms with Crippen molar-refractivity contribution in [3.8, 4) is 0 Å². The molecule has 0 saturated carbocycles. The molecule has 0 unspecified atom stereocenters. The van der Waals surface area contributed by atoms with Gasteiger partial charge in [-0.1, -0.05) is 6.92 Å². The van der Waals surface area contributed by atoms with Gasteiger partial charge in [0, 0.05) is 5.92 Å². The van der Waals surface area contributed by atoms with Gasteiger partial charge in [0.05, 0.1) is 19.3 Å². The van der Waals surface area contributed by atoms with Gasteiger partial charge >= 0.3 is 0 Å². The monoisotopic (exact) mass is 189 g/mol. The fourth-order valence-corrected chi connectivity index (χ4v) is 1.86. The topological polar surface area (TPSA) is 70.8 Å². The Morgan fingerprint density at radius 2 is 2.08 bits per heavy atom. The Hall–Kier alpha value is -0.880. The molecule has 0 bridgehead atoms. The van der Waals surface area contributed by atoms with Gasteiger partial charge in [-0.3, -0.25) is 0 Å². The van der Waals surface area contributed by atoms with Crippen LogP contribution >= 0.6 is 0 Å². The summed E-state index contributed by atoms with van der Waals surface area (Å²) in [5.41, 5.74) is 0. The van der Waals surface area contributed by atoms with E-state index in [1.165, 1.54) is 0 Å². The van der Waals surface area contributed by atoms with Crippen LogP contribution in [-0.4, -0.2) is 36.6 Å². The first-order valence-corrected chi connectivity index (χ1v) is 4.23. The zero-order valence-electron chi connectivity index (χ0n) is 7.21. The molecule has 0 aliphatic carbocycles. The van der Waals surface area contributed by atoms with Crippen LogP contribution in [0.5, 0.6) is 0 Å². The summed E-state index contributed by atoms with van der Waals surface area (Å²) in [6, 6.07) is 0. The zero-order chi connectivity index (χ0) is 9.42. The third-order valence-corrected chi connectivity index (χ3v) is 2.48. The number of rotatable bonds is 2. The molecule has 2 saturated heterocycles. The van der Waals surface area contributed by atoms with Crippen LogP contribution < -0.4 is 0 Å². The molecule has 0 spiro atoms. The summed E-state index contributed by atoms with van der Waals surface area (Å²) < 4.78 is 10.7. The highest BCUT2D eigenvalue weighted by molar-refractivity contribution is 4.92. The molecule has 2 fully saturated rings. The highest BCUT2D eigenvalue weighted by Crippen LogP contribution is 2.32. The van der Waals surface area contributed by atoms with Crippen LogP contribution in [0.4, 0.5) is 0 Å². The molecular weight excluding hydrogens is 178 g/mol. The van der Waals surface area contributed by atoms with Crippen molar-refractivity contribution < 1.29 is 19.4 Å². The maximum absolute atomic E-state index is 10.1. The molecule has 0 N–H and O–H groups in total. The Morgan fingerprint density at radius 1 is 1.38 bits per heavy atom. The summed E-state index contributed by atoms with van der Waals surface area (Å²) in [4.78, 5) is 14.5. The summed E-state index contributed by atoms with van der Waals surface area (Å²) >= 11 is 0. The van der Waals surface area contributed by atoms with Crippen molar-refractivity contribution >= 4 is 0 Å². The predicted molar refractivity (Wildman–Crippen MR) is 40.5 cm³/mol. The SMILES string of the molecule is C[C@@H]1CO[C@H]2[C@@H]1OC[C@@H]2O[N+](=O)[O-]. The van der Waals surface area contributed by atoms with Crippen LogP contribution in [0, 0.1) is 16.0 Å². The lowest BCUT2D eigenvalue weighted by atomic mass is 10.0. The molecular formula is C7H11NO5. The minimum absolute atomic E-state index is 0.0371. The van der Waals surface area contributed by atoms with Gasteiger partial charge in [-0.05, 0) is 0 Å². The largest absolute Gasteiger partial charge is 0.373 e. The fourth-order valence-electron chi connectivity index (χ4n) is 1.86. The first kappa shape index (κ1) is 8.71. The summed E-state index contributed by atoms with van der Waals surface area (Å²) in [7, 11) is 0. The van der Waals surface area contributed by atoms with Gasteiger partial charge in [-0.25, -0.2) is 0 Å². The molecule has 2 aliphatic heterocycles. The average molecular weight is 189 g/mol. The van der Waals surface area contributed by atoms with E-state index in [-0.39, 0.29) is 18.8 Å². The van der Waals surface area contributed by atoms with Crippen LogP contribution in [0.25, 0.3) is 0 Å². The quantitative estimate of drug-likeness (QED) is 0.451. The maximum Gasteiger partial charge on any atom is 0.294 e. The molecule has 74 valence electrons. The summed E-state index contributed by atoms with van der Waals surface area (Å²) in [5, 5.41) is 9.31. The highest BCUT2D eigenvalue weighted by Gasteiger charge is 2.47. The van der Waals surface area contributed by atoms with Gasteiger partial charge in [0.1, 0.15) is 6.10 Å². The second-order valence-corrected chi connectivity index (χ2v) is 3.44. The Labute approximate surface area is 74.9 Å². The standard InChI is InChI=1S/C7H11NO5/c1-4-2-11-7-5(13-8(9)10)3-12-6(4)7/h4-7H,2-3H2,1H3/t4-,5+,6-,7-/m1/s1. The van der Waals surface area contributed by atoms with Crippen LogP contribution in [0.2, 0.25) is 0 Å². The predicted octanol–water partition coefficient (Wildman–Crippen LogP) is -0.00300. The number of hydrogen-bond acceptors (Lipinski definition) is 5. The average Bonchev–Trinajstić information content (AvgIpc) is 2.56. The fraction of sp³-hybridized carbons (Fsp3) is 1.00. The molecule has 2 heterocycles. The maximum atomic E-state index is 10.1. The van der Waals surface area contributed by atoms with Gasteiger partial charge < -0.3 is 14.3 Å². The van der Waals surface area contributed by atoms with E-state index >= 15 is 0 Å². The lowest BCUT2D eigenvalue weighted by Crippen LogP contribution is -2.32. The number of hydrogen-bond donors (Lipinski definition) is 0. The van der Waals surface area contributed by atoms with E-state index in [1.807, 2.05) is 6.92 Å². The van der Waals surface area contributed by atoms with Crippen molar-refractivity contribution in [2.75, 3.05) is 13.2 Å². The molecule has 0 aromatic carbocycles. The minimum atomic E-state index is -0.789. The van der Waals surface area contributed by atoms with Crippen molar-refractivity contribution in [1.29, 1.82) is 0 Å². The third kappa shape index (κ3) is 1.47. The molecule has 13 heavy (non-hydrogen) atoms. The Bertz CT molecular complexity index is 221. The van der Waals surface area contributed by atoms with Gasteiger partial charge in [0.2, 0.25) is 0 Å². The molecule has 6 heteroatoms. The van der Waals surface area contributed by atoms with Gasteiger partial charge in [0.25, 0.3) is 5.09 Å². The second-order valence-electron chi connectivity index (χ2n) is 3.44. The van der Waals surface area contributed by atoms with Crippen molar-refractivity contribution in [3.05, 3.63) is 10.1 Å². The lowest BCUT2D eigenvalue weighted by Gasteiger charge is -2.13. The van der Waals surface area contributed by atoms with E-state index in [4.69, 9.17) is 9.47 Å². The van der Waals surface area contributed by atoms with Gasteiger partial charge in [0.15, 0.2) is 6.10 Å². The Morgan fingerprint density at radius 3 is 2.77 bits per heavy atom. The van der Waals surface area contributed by atoms with E-state index in [9.17, 15) is 10.1 Å². The first-order chi connectivity index (χ1) is 6.18. The highest BCUT2D eigenvalue weighted by atomic mass is 17.0. The molecule has 6 nitrogen and oxygen atoms in total. The van der Waals surface area contributed by atoms with Crippen LogP contribution in [0.15, 0.2) is 0 Å². The minimum Gasteiger partial charge on any atom is -0.373 e. The van der Waals surface area contributed by atoms with Crippen molar-refractivity contribution in [2.24, 2.45) is 5.92 Å². The van der Waals surface area contributed by atoms with E-state index in [1.54, 1.807) is 0 Å². The molecule has 0 aromatic rings. The van der Waals surface area contributed by atoms with Crippen LogP contribution in [0.3, 0.4) is 0 Å². The number of nitrogens with zero attached hydrogens (tertiary/aromatic N) is 1. The molecule has 2 aliphatic rings. The number of ether oxygens (including phenoxy) is 2. The molecule has 0 amide bonds.